The molecule has 3 heterocycles. The van der Waals surface area contributed by atoms with Crippen LogP contribution in [0.25, 0.3) is 11.3 Å². The Morgan fingerprint density at radius 2 is 2.35 bits per heavy atom. The molecule has 0 aliphatic carbocycles. The van der Waals surface area contributed by atoms with Crippen LogP contribution in [0.5, 0.6) is 0 Å². The molecular formula is C12H16N4O. The number of aromatic nitrogens is 3. The highest BCUT2D eigenvalue weighted by Gasteiger charge is 2.27. The fourth-order valence-corrected chi connectivity index (χ4v) is 2.58. The summed E-state index contributed by atoms with van der Waals surface area (Å²) in [6.07, 6.45) is 2.89. The number of imidazole rings is 1. The molecule has 0 spiro atoms. The lowest BCUT2D eigenvalue weighted by molar-refractivity contribution is 0.393. The van der Waals surface area contributed by atoms with Gasteiger partial charge in [0.15, 0.2) is 0 Å². The molecule has 2 N–H and O–H groups in total. The van der Waals surface area contributed by atoms with Crippen LogP contribution in [0.1, 0.15) is 17.1 Å². The van der Waals surface area contributed by atoms with Crippen molar-refractivity contribution in [3.8, 4) is 11.3 Å². The second kappa shape index (κ2) is 3.70. The van der Waals surface area contributed by atoms with E-state index in [0.717, 1.165) is 42.2 Å². The molecule has 1 aliphatic rings. The Morgan fingerprint density at radius 3 is 3.00 bits per heavy atom. The van der Waals surface area contributed by atoms with Crippen LogP contribution < -0.4 is 5.73 Å². The van der Waals surface area contributed by atoms with Crippen LogP contribution in [0.3, 0.4) is 0 Å². The van der Waals surface area contributed by atoms with Gasteiger partial charge >= 0.3 is 0 Å². The summed E-state index contributed by atoms with van der Waals surface area (Å²) in [7, 11) is 0. The highest BCUT2D eigenvalue weighted by molar-refractivity contribution is 5.66. The molecule has 1 atom stereocenters. The minimum Gasteiger partial charge on any atom is -0.361 e. The molecule has 0 fully saturated rings. The van der Waals surface area contributed by atoms with Crippen LogP contribution in [-0.4, -0.2) is 21.3 Å². The summed E-state index contributed by atoms with van der Waals surface area (Å²) in [5.74, 6) is 1.37. The molecule has 0 radical (unpaired) electrons. The average molecular weight is 232 g/mol. The monoisotopic (exact) mass is 232 g/mol. The summed E-state index contributed by atoms with van der Waals surface area (Å²) in [5.41, 5.74) is 9.95. The van der Waals surface area contributed by atoms with E-state index in [4.69, 9.17) is 10.3 Å². The second-order valence-corrected chi connectivity index (χ2v) is 4.70. The van der Waals surface area contributed by atoms with Gasteiger partial charge in [-0.15, -0.1) is 0 Å². The molecule has 1 unspecified atom stereocenters. The maximum Gasteiger partial charge on any atom is 0.143 e. The minimum absolute atomic E-state index is 0.534. The standard InChI is InChI=1S/C12H16N4O/c1-7-11(8(2)17-15-7)12-10-3-9(4-13)5-16(10)6-14-12/h6,9H,3-5,13H2,1-2H3. The van der Waals surface area contributed by atoms with Gasteiger partial charge in [-0.2, -0.15) is 0 Å². The molecule has 1 aliphatic heterocycles. The van der Waals surface area contributed by atoms with E-state index < -0.39 is 0 Å². The van der Waals surface area contributed by atoms with E-state index >= 15 is 0 Å². The first kappa shape index (κ1) is 10.5. The third-order valence-corrected chi connectivity index (χ3v) is 3.49. The van der Waals surface area contributed by atoms with Gasteiger partial charge in [0.2, 0.25) is 0 Å². The summed E-state index contributed by atoms with van der Waals surface area (Å²) in [5, 5.41) is 3.99. The molecule has 5 heteroatoms. The van der Waals surface area contributed by atoms with Crippen LogP contribution in [-0.2, 0) is 13.0 Å². The van der Waals surface area contributed by atoms with Gasteiger partial charge in [0.05, 0.1) is 23.3 Å². The number of nitrogens with two attached hydrogens (primary N) is 1. The Hall–Kier alpha value is -1.62. The van der Waals surface area contributed by atoms with E-state index in [1.807, 2.05) is 20.2 Å². The van der Waals surface area contributed by atoms with Gasteiger partial charge in [-0.05, 0) is 32.7 Å². The Morgan fingerprint density at radius 1 is 1.53 bits per heavy atom. The van der Waals surface area contributed by atoms with E-state index in [1.54, 1.807) is 0 Å². The molecule has 5 nitrogen and oxygen atoms in total. The summed E-state index contributed by atoms with van der Waals surface area (Å²) in [6, 6.07) is 0. The fraction of sp³-hybridized carbons (Fsp3) is 0.500. The smallest absolute Gasteiger partial charge is 0.143 e. The molecule has 2 aromatic rings. The van der Waals surface area contributed by atoms with Crippen LogP contribution in [0.4, 0.5) is 0 Å². The molecule has 3 rings (SSSR count). The third kappa shape index (κ3) is 1.50. The van der Waals surface area contributed by atoms with Crippen LogP contribution in [0, 0.1) is 19.8 Å². The van der Waals surface area contributed by atoms with Crippen molar-refractivity contribution in [3.05, 3.63) is 23.5 Å². The molecule has 0 bridgehead atoms. The van der Waals surface area contributed by atoms with Crippen LogP contribution in [0.15, 0.2) is 10.9 Å². The second-order valence-electron chi connectivity index (χ2n) is 4.70. The normalized spacial score (nSPS) is 18.6. The summed E-state index contributed by atoms with van der Waals surface area (Å²) in [6.45, 7) is 5.58. The van der Waals surface area contributed by atoms with Gasteiger partial charge < -0.3 is 14.8 Å². The zero-order valence-electron chi connectivity index (χ0n) is 10.1. The van der Waals surface area contributed by atoms with Crippen molar-refractivity contribution in [2.75, 3.05) is 6.54 Å². The Labute approximate surface area is 99.6 Å². The van der Waals surface area contributed by atoms with Crippen molar-refractivity contribution in [2.24, 2.45) is 11.7 Å². The quantitative estimate of drug-likeness (QED) is 0.847. The first-order chi connectivity index (χ1) is 8.20. The van der Waals surface area contributed by atoms with E-state index in [-0.39, 0.29) is 0 Å². The maximum absolute atomic E-state index is 5.74. The van der Waals surface area contributed by atoms with Gasteiger partial charge in [-0.25, -0.2) is 4.98 Å². The van der Waals surface area contributed by atoms with E-state index in [0.29, 0.717) is 5.92 Å². The lowest BCUT2D eigenvalue weighted by Crippen LogP contribution is -2.15. The minimum atomic E-state index is 0.534. The molecule has 0 aromatic carbocycles. The first-order valence-electron chi connectivity index (χ1n) is 5.88. The van der Waals surface area contributed by atoms with Crippen molar-refractivity contribution in [2.45, 2.75) is 26.8 Å². The average Bonchev–Trinajstić information content (AvgIpc) is 2.95. The van der Waals surface area contributed by atoms with Gasteiger partial charge in [0.25, 0.3) is 0 Å². The highest BCUT2D eigenvalue weighted by Crippen LogP contribution is 2.33. The number of hydrogen-bond acceptors (Lipinski definition) is 4. The van der Waals surface area contributed by atoms with Crippen molar-refractivity contribution >= 4 is 0 Å². The summed E-state index contributed by atoms with van der Waals surface area (Å²) in [4.78, 5) is 4.49. The lowest BCUT2D eigenvalue weighted by atomic mass is 10.0. The SMILES string of the molecule is Cc1noc(C)c1-c1ncn2c1CC(CN)C2. The van der Waals surface area contributed by atoms with Gasteiger partial charge in [0, 0.05) is 12.2 Å². The van der Waals surface area contributed by atoms with E-state index in [1.165, 1.54) is 5.69 Å². The Balaban J connectivity index is 2.07. The van der Waals surface area contributed by atoms with Crippen molar-refractivity contribution in [1.82, 2.24) is 14.7 Å². The van der Waals surface area contributed by atoms with Crippen molar-refractivity contribution < 1.29 is 4.52 Å². The summed E-state index contributed by atoms with van der Waals surface area (Å²) >= 11 is 0. The first-order valence-corrected chi connectivity index (χ1v) is 5.88. The number of hydrogen-bond donors (Lipinski definition) is 1. The molecule has 0 saturated heterocycles. The predicted molar refractivity (Wildman–Crippen MR) is 63.4 cm³/mol. The Bertz CT molecular complexity index is 535. The molecule has 90 valence electrons. The molecule has 0 saturated carbocycles. The molecule has 17 heavy (non-hydrogen) atoms. The largest absolute Gasteiger partial charge is 0.361 e. The highest BCUT2D eigenvalue weighted by atomic mass is 16.5. The topological polar surface area (TPSA) is 69.9 Å². The third-order valence-electron chi connectivity index (χ3n) is 3.49. The zero-order valence-corrected chi connectivity index (χ0v) is 10.1. The zero-order chi connectivity index (χ0) is 12.0. The van der Waals surface area contributed by atoms with Crippen LogP contribution in [0.2, 0.25) is 0 Å². The Kier molecular flexibility index (Phi) is 2.29. The van der Waals surface area contributed by atoms with Gasteiger partial charge in [0.1, 0.15) is 5.76 Å². The lowest BCUT2D eigenvalue weighted by Gasteiger charge is -2.03. The van der Waals surface area contributed by atoms with Crippen molar-refractivity contribution in [3.63, 3.8) is 0 Å². The van der Waals surface area contributed by atoms with E-state index in [9.17, 15) is 0 Å². The van der Waals surface area contributed by atoms with Gasteiger partial charge in [-0.1, -0.05) is 5.16 Å². The van der Waals surface area contributed by atoms with E-state index in [2.05, 4.69) is 14.7 Å². The molecule has 2 aromatic heterocycles. The number of rotatable bonds is 2. The fourth-order valence-electron chi connectivity index (χ4n) is 2.58. The number of nitrogens with zero attached hydrogens (tertiary/aromatic N) is 3. The van der Waals surface area contributed by atoms with Crippen molar-refractivity contribution in [1.29, 1.82) is 0 Å². The maximum atomic E-state index is 5.74. The predicted octanol–water partition coefficient (Wildman–Crippen LogP) is 1.29. The number of fused-ring (bicyclic) bond motifs is 1. The molecule has 0 amide bonds. The van der Waals surface area contributed by atoms with Gasteiger partial charge in [-0.3, -0.25) is 0 Å². The summed E-state index contributed by atoms with van der Waals surface area (Å²) < 4.78 is 7.40. The number of aryl methyl sites for hydroxylation is 2. The van der Waals surface area contributed by atoms with Crippen LogP contribution >= 0.6 is 0 Å². The molecular weight excluding hydrogens is 216 g/mol.